The molecular weight excluding hydrogens is 1090 g/mol. The van der Waals surface area contributed by atoms with E-state index in [1.54, 1.807) is 0 Å². The van der Waals surface area contributed by atoms with E-state index in [0.717, 1.165) is 48.4 Å². The van der Waals surface area contributed by atoms with Gasteiger partial charge in [0.25, 0.3) is 16.6 Å². The van der Waals surface area contributed by atoms with Crippen molar-refractivity contribution in [3.63, 3.8) is 0 Å². The predicted molar refractivity (Wildman–Crippen MR) is 292 cm³/mol. The van der Waals surface area contributed by atoms with E-state index < -0.39 is 128 Å². The number of benzene rings is 4. The highest BCUT2D eigenvalue weighted by Gasteiger charge is 2.59. The highest BCUT2D eigenvalue weighted by molar-refractivity contribution is 7.00. The van der Waals surface area contributed by atoms with Gasteiger partial charge in [0.15, 0.2) is 37.0 Å². The van der Waals surface area contributed by atoms with Crippen LogP contribution in [0.1, 0.15) is 69.2 Å². The molecule has 0 aromatic heterocycles. The van der Waals surface area contributed by atoms with Crippen molar-refractivity contribution in [2.24, 2.45) is 0 Å². The zero-order chi connectivity index (χ0) is 56.5. The van der Waals surface area contributed by atoms with E-state index in [9.17, 15) is 29.1 Å². The molecule has 0 bridgehead atoms. The molecule has 0 spiro atoms. The average Bonchev–Trinajstić information content (AvgIpc) is 3.35. The molecule has 2 aliphatic rings. The molecule has 2 fully saturated rings. The zero-order valence-electron chi connectivity index (χ0n) is 44.6. The zero-order valence-corrected chi connectivity index (χ0v) is 48.9. The summed E-state index contributed by atoms with van der Waals surface area (Å²) in [6, 6.07) is 37.0. The number of carbonyl (C=O) groups is 5. The van der Waals surface area contributed by atoms with Gasteiger partial charge in [0.05, 0.1) is 13.2 Å². The summed E-state index contributed by atoms with van der Waals surface area (Å²) in [5.74, 6) is -3.43. The molecule has 0 aliphatic carbocycles. The van der Waals surface area contributed by atoms with Crippen LogP contribution in [0.5, 0.6) is 0 Å². The Hall–Kier alpha value is -4.91. The maximum atomic E-state index is 13.4. The minimum Gasteiger partial charge on any atom is -0.457 e. The molecule has 10 atom stereocenters. The number of esters is 4. The number of carbonyl (C=O) groups excluding carboxylic acids is 5. The SMILES string of the molecule is CC(=O)O[C@H]1[C@@H](OC(C)=O)[C@@H](CO[Si](c2ccccc2)(c2ccccc2)C(C)(C)C)O[C@@H](O[C@H]2[C@H](OC(C)=O)[C@@H](NC(=O)OCC(Cl)(Cl)Cl)C(O)O[C@@H]2CO[Si](c2ccccc2)(c2ccccc2)C(C)(C)C)[C@@H]1OC(C)=O. The lowest BCUT2D eigenvalue weighted by atomic mass is 9.95. The van der Waals surface area contributed by atoms with Gasteiger partial charge in [-0.15, -0.1) is 0 Å². The van der Waals surface area contributed by atoms with Crippen LogP contribution in [0.3, 0.4) is 0 Å². The molecule has 2 aliphatic heterocycles. The van der Waals surface area contributed by atoms with Crippen molar-refractivity contribution >= 4 is 102 Å². The summed E-state index contributed by atoms with van der Waals surface area (Å²) >= 11 is 17.7. The molecule has 4 aromatic carbocycles. The van der Waals surface area contributed by atoms with Crippen molar-refractivity contribution < 1.29 is 75.8 Å². The number of hydrogen-bond donors (Lipinski definition) is 2. The first-order chi connectivity index (χ1) is 36.2. The number of halogens is 3. The van der Waals surface area contributed by atoms with Gasteiger partial charge in [0.1, 0.15) is 31.0 Å². The fraction of sp³-hybridized carbons (Fsp3) is 0.473. The number of nitrogens with one attached hydrogen (secondary N) is 1. The molecule has 1 amide bonds. The molecular formula is C55H68Cl3NO16Si2. The molecule has 418 valence electrons. The summed E-state index contributed by atoms with van der Waals surface area (Å²) in [7, 11) is -6.84. The smallest absolute Gasteiger partial charge is 0.407 e. The van der Waals surface area contributed by atoms with E-state index in [0.29, 0.717) is 0 Å². The number of amides is 1. The van der Waals surface area contributed by atoms with E-state index in [2.05, 4.69) is 46.9 Å². The molecule has 2 heterocycles. The standard InChI is InChI=1S/C55H68Cl3NO16Si2/c1-34(60)69-46-43(32-68-77(54(8,9)10,40-27-19-13-20-28-40)41-29-21-14-22-30-41)74-51(49(72-37(4)63)48(46)71-36(3)62)75-45-42(73-50(64)44(47(45)70-35(2)61)59-52(65)66-33-55(56,57)58)31-67-76(53(5,6)7,38-23-15-11-16-24-38)39-25-17-12-18-26-39/h11-30,42-51,64H,31-33H2,1-10H3,(H,59,65)/t42-,43-,44-,45-,46+,47-,48+,49-,50?,51+/m1/s1. The first-order valence-corrected chi connectivity index (χ1v) is 30.0. The monoisotopic (exact) mass is 1160 g/mol. The second-order valence-electron chi connectivity index (χ2n) is 20.8. The van der Waals surface area contributed by atoms with Gasteiger partial charge in [-0.1, -0.05) is 198 Å². The highest BCUT2D eigenvalue weighted by Crippen LogP contribution is 2.41. The van der Waals surface area contributed by atoms with Crippen LogP contribution in [0, 0.1) is 0 Å². The fourth-order valence-electron chi connectivity index (χ4n) is 10.2. The van der Waals surface area contributed by atoms with Crippen LogP contribution < -0.4 is 26.1 Å². The Morgan fingerprint density at radius 3 is 1.23 bits per heavy atom. The van der Waals surface area contributed by atoms with Gasteiger partial charge in [0.2, 0.25) is 3.79 Å². The number of alkyl carbamates (subject to hydrolysis) is 1. The lowest BCUT2D eigenvalue weighted by Gasteiger charge is -2.50. The van der Waals surface area contributed by atoms with Gasteiger partial charge in [-0.2, -0.15) is 0 Å². The highest BCUT2D eigenvalue weighted by atomic mass is 35.6. The van der Waals surface area contributed by atoms with Gasteiger partial charge >= 0.3 is 30.0 Å². The van der Waals surface area contributed by atoms with Crippen molar-refractivity contribution in [2.75, 3.05) is 19.8 Å². The van der Waals surface area contributed by atoms with Gasteiger partial charge in [-0.05, 0) is 30.8 Å². The Balaban J connectivity index is 1.53. The van der Waals surface area contributed by atoms with Crippen molar-refractivity contribution in [2.45, 2.75) is 144 Å². The minimum atomic E-state index is -3.44. The Labute approximate surface area is 466 Å². The third-order valence-corrected chi connectivity index (χ3v) is 23.5. The minimum absolute atomic E-state index is 0.331. The number of rotatable bonds is 18. The number of aliphatic hydroxyl groups is 1. The van der Waals surface area contributed by atoms with Crippen LogP contribution in [0.25, 0.3) is 0 Å². The van der Waals surface area contributed by atoms with Crippen molar-refractivity contribution in [3.05, 3.63) is 121 Å². The Morgan fingerprint density at radius 1 is 0.519 bits per heavy atom. The first-order valence-electron chi connectivity index (χ1n) is 25.0. The van der Waals surface area contributed by atoms with Crippen LogP contribution in [0.4, 0.5) is 4.79 Å². The van der Waals surface area contributed by atoms with E-state index >= 15 is 0 Å². The second-order valence-corrected chi connectivity index (χ2v) is 31.9. The number of alkyl halides is 3. The van der Waals surface area contributed by atoms with Gasteiger partial charge < -0.3 is 57.2 Å². The molecule has 4 aromatic rings. The summed E-state index contributed by atoms with van der Waals surface area (Å²) in [6.45, 7) is 15.4. The predicted octanol–water partition coefficient (Wildman–Crippen LogP) is 6.16. The van der Waals surface area contributed by atoms with E-state index in [4.69, 9.17) is 81.5 Å². The maximum absolute atomic E-state index is 13.4. The summed E-state index contributed by atoms with van der Waals surface area (Å²) in [5.41, 5.74) is 0. The normalized spacial score (nSPS) is 24.2. The van der Waals surface area contributed by atoms with Crippen molar-refractivity contribution in [1.29, 1.82) is 0 Å². The Morgan fingerprint density at radius 2 is 0.870 bits per heavy atom. The van der Waals surface area contributed by atoms with Crippen LogP contribution in [0.15, 0.2) is 121 Å². The molecule has 2 saturated heterocycles. The molecule has 77 heavy (non-hydrogen) atoms. The first kappa shape index (κ1) is 61.3. The fourth-order valence-corrected chi connectivity index (χ4v) is 19.5. The molecule has 22 heteroatoms. The van der Waals surface area contributed by atoms with Gasteiger partial charge in [0, 0.05) is 27.7 Å². The van der Waals surface area contributed by atoms with Crippen LogP contribution in [-0.4, -0.2) is 137 Å². The second kappa shape index (κ2) is 25.9. The molecule has 1 unspecified atom stereocenters. The van der Waals surface area contributed by atoms with Gasteiger partial charge in [-0.25, -0.2) is 4.79 Å². The summed E-state index contributed by atoms with van der Waals surface area (Å²) in [6.07, 6.45) is -16.0. The molecule has 2 N–H and O–H groups in total. The van der Waals surface area contributed by atoms with Gasteiger partial charge in [-0.3, -0.25) is 19.2 Å². The largest absolute Gasteiger partial charge is 0.457 e. The molecule has 0 saturated carbocycles. The number of ether oxygens (including phenoxy) is 8. The number of hydrogen-bond acceptors (Lipinski definition) is 16. The summed E-state index contributed by atoms with van der Waals surface area (Å²) < 4.78 is 61.8. The van der Waals surface area contributed by atoms with Crippen LogP contribution in [0.2, 0.25) is 10.1 Å². The Kier molecular flexibility index (Phi) is 20.6. The summed E-state index contributed by atoms with van der Waals surface area (Å²) in [5, 5.41) is 16.8. The number of aliphatic hydroxyl groups excluding tert-OH is 1. The third kappa shape index (κ3) is 14.9. The van der Waals surface area contributed by atoms with E-state index in [1.165, 1.54) is 0 Å². The van der Waals surface area contributed by atoms with E-state index in [-0.39, 0.29) is 13.2 Å². The topological polar surface area (TPSA) is 210 Å². The Bertz CT molecular complexity index is 2530. The lowest BCUT2D eigenvalue weighted by Crippen LogP contribution is -2.71. The quantitative estimate of drug-likeness (QED) is 0.0495. The van der Waals surface area contributed by atoms with Crippen LogP contribution >= 0.6 is 34.8 Å². The molecule has 6 rings (SSSR count). The summed E-state index contributed by atoms with van der Waals surface area (Å²) in [4.78, 5) is 66.3. The van der Waals surface area contributed by atoms with Crippen molar-refractivity contribution in [3.8, 4) is 0 Å². The van der Waals surface area contributed by atoms with Crippen molar-refractivity contribution in [1.82, 2.24) is 5.32 Å². The maximum Gasteiger partial charge on any atom is 0.407 e. The molecule has 0 radical (unpaired) electrons. The lowest BCUT2D eigenvalue weighted by molar-refractivity contribution is -0.346. The molecule has 17 nitrogen and oxygen atoms in total. The average molecular weight is 1160 g/mol. The van der Waals surface area contributed by atoms with E-state index in [1.807, 2.05) is 121 Å². The van der Waals surface area contributed by atoms with Crippen LogP contribution in [-0.2, 0) is 65.9 Å². The third-order valence-electron chi connectivity index (χ3n) is 13.2.